The van der Waals surface area contributed by atoms with Crippen LogP contribution in [-0.4, -0.2) is 27.3 Å². The minimum atomic E-state index is -0.292. The van der Waals surface area contributed by atoms with Crippen LogP contribution in [0.25, 0.3) is 10.2 Å². The quantitative estimate of drug-likeness (QED) is 0.676. The van der Waals surface area contributed by atoms with E-state index in [0.29, 0.717) is 23.0 Å². The summed E-state index contributed by atoms with van der Waals surface area (Å²) in [4.78, 5) is 29.4. The molecule has 7 heteroatoms. The maximum atomic E-state index is 12.2. The molecule has 114 valence electrons. The van der Waals surface area contributed by atoms with Crippen LogP contribution in [0.1, 0.15) is 20.8 Å². The van der Waals surface area contributed by atoms with Crippen LogP contribution in [0, 0.1) is 5.92 Å². The highest BCUT2D eigenvalue weighted by molar-refractivity contribution is 8.00. The van der Waals surface area contributed by atoms with E-state index in [1.54, 1.807) is 13.1 Å². The van der Waals surface area contributed by atoms with Crippen LogP contribution in [0.4, 0.5) is 0 Å². The third-order valence-electron chi connectivity index (χ3n) is 3.00. The SMILES string of the molecule is CC(C)CNC(=O)C(C)Sc1nc2sccc2c(=O)n1C. The molecular formula is C14H19N3O2S2. The summed E-state index contributed by atoms with van der Waals surface area (Å²) in [5, 5.41) is 5.66. The van der Waals surface area contributed by atoms with Crippen molar-refractivity contribution in [2.75, 3.05) is 6.54 Å². The van der Waals surface area contributed by atoms with E-state index >= 15 is 0 Å². The van der Waals surface area contributed by atoms with Crippen molar-refractivity contribution in [3.63, 3.8) is 0 Å². The molecule has 1 atom stereocenters. The van der Waals surface area contributed by atoms with E-state index in [1.165, 1.54) is 27.7 Å². The predicted molar refractivity (Wildman–Crippen MR) is 88.0 cm³/mol. The second kappa shape index (κ2) is 6.62. The fourth-order valence-corrected chi connectivity index (χ4v) is 3.45. The van der Waals surface area contributed by atoms with E-state index in [0.717, 1.165) is 4.83 Å². The normalized spacial score (nSPS) is 12.8. The Morgan fingerprint density at radius 2 is 2.19 bits per heavy atom. The number of nitrogens with one attached hydrogen (secondary N) is 1. The molecule has 2 heterocycles. The zero-order valence-corrected chi connectivity index (χ0v) is 14.2. The summed E-state index contributed by atoms with van der Waals surface area (Å²) in [7, 11) is 1.69. The average molecular weight is 325 g/mol. The Kier molecular flexibility index (Phi) is 5.05. The minimum absolute atomic E-state index is 0.0331. The molecule has 0 aromatic carbocycles. The lowest BCUT2D eigenvalue weighted by atomic mass is 10.2. The topological polar surface area (TPSA) is 64.0 Å². The van der Waals surface area contributed by atoms with Crippen molar-refractivity contribution >= 4 is 39.2 Å². The van der Waals surface area contributed by atoms with Crippen LogP contribution >= 0.6 is 23.1 Å². The van der Waals surface area contributed by atoms with E-state index < -0.39 is 0 Å². The van der Waals surface area contributed by atoms with Gasteiger partial charge in [-0.25, -0.2) is 4.98 Å². The Balaban J connectivity index is 2.17. The number of thiophene rings is 1. The summed E-state index contributed by atoms with van der Waals surface area (Å²) in [6.07, 6.45) is 0. The summed E-state index contributed by atoms with van der Waals surface area (Å²) in [6, 6.07) is 1.78. The number of amides is 1. The Bertz CT molecular complexity index is 706. The van der Waals surface area contributed by atoms with Crippen molar-refractivity contribution in [2.24, 2.45) is 13.0 Å². The molecule has 0 radical (unpaired) electrons. The molecule has 21 heavy (non-hydrogen) atoms. The Hall–Kier alpha value is -1.34. The third-order valence-corrected chi connectivity index (χ3v) is 4.95. The van der Waals surface area contributed by atoms with Gasteiger partial charge in [-0.1, -0.05) is 25.6 Å². The highest BCUT2D eigenvalue weighted by Gasteiger charge is 2.18. The number of nitrogens with zero attached hydrogens (tertiary/aromatic N) is 2. The molecular weight excluding hydrogens is 306 g/mol. The van der Waals surface area contributed by atoms with Gasteiger partial charge in [-0.3, -0.25) is 14.2 Å². The number of carbonyl (C=O) groups excluding carboxylic acids is 1. The summed E-state index contributed by atoms with van der Waals surface area (Å²) in [5.41, 5.74) is -0.0708. The van der Waals surface area contributed by atoms with Crippen molar-refractivity contribution < 1.29 is 4.79 Å². The van der Waals surface area contributed by atoms with Gasteiger partial charge in [0.25, 0.3) is 5.56 Å². The van der Waals surface area contributed by atoms with E-state index in [-0.39, 0.29) is 16.7 Å². The molecule has 2 rings (SSSR count). The first kappa shape index (κ1) is 16.0. The van der Waals surface area contributed by atoms with E-state index in [9.17, 15) is 9.59 Å². The molecule has 1 unspecified atom stereocenters. The van der Waals surface area contributed by atoms with Crippen molar-refractivity contribution in [1.82, 2.24) is 14.9 Å². The molecule has 0 aliphatic heterocycles. The lowest BCUT2D eigenvalue weighted by Crippen LogP contribution is -2.34. The standard InChI is InChI=1S/C14H19N3O2S2/c1-8(2)7-15-11(18)9(3)21-14-16-12-10(5-6-20-12)13(19)17(14)4/h5-6,8-9H,7H2,1-4H3,(H,15,18). The van der Waals surface area contributed by atoms with Crippen LogP contribution in [0.3, 0.4) is 0 Å². The molecule has 0 aliphatic carbocycles. The summed E-state index contributed by atoms with van der Waals surface area (Å²) < 4.78 is 1.51. The number of hydrogen-bond donors (Lipinski definition) is 1. The van der Waals surface area contributed by atoms with Gasteiger partial charge < -0.3 is 5.32 Å². The summed E-state index contributed by atoms with van der Waals surface area (Å²) >= 11 is 2.74. The summed E-state index contributed by atoms with van der Waals surface area (Å²) in [6.45, 7) is 6.58. The Morgan fingerprint density at radius 3 is 2.86 bits per heavy atom. The highest BCUT2D eigenvalue weighted by Crippen LogP contribution is 2.23. The second-order valence-electron chi connectivity index (χ2n) is 5.30. The van der Waals surface area contributed by atoms with Crippen molar-refractivity contribution in [1.29, 1.82) is 0 Å². The monoisotopic (exact) mass is 325 g/mol. The van der Waals surface area contributed by atoms with Crippen molar-refractivity contribution in [3.05, 3.63) is 21.8 Å². The predicted octanol–water partition coefficient (Wildman–Crippen LogP) is 2.25. The molecule has 0 saturated heterocycles. The number of thioether (sulfide) groups is 1. The van der Waals surface area contributed by atoms with Gasteiger partial charge in [-0.05, 0) is 24.3 Å². The molecule has 0 spiro atoms. The largest absolute Gasteiger partial charge is 0.355 e. The molecule has 0 saturated carbocycles. The molecule has 0 fully saturated rings. The smallest absolute Gasteiger partial charge is 0.262 e. The van der Waals surface area contributed by atoms with Gasteiger partial charge in [0.2, 0.25) is 5.91 Å². The van der Waals surface area contributed by atoms with Gasteiger partial charge >= 0.3 is 0 Å². The molecule has 2 aromatic rings. The molecule has 1 N–H and O–H groups in total. The van der Waals surface area contributed by atoms with E-state index in [4.69, 9.17) is 0 Å². The van der Waals surface area contributed by atoms with Gasteiger partial charge in [0, 0.05) is 13.6 Å². The Morgan fingerprint density at radius 1 is 1.48 bits per heavy atom. The van der Waals surface area contributed by atoms with Crippen LogP contribution in [0.2, 0.25) is 0 Å². The Labute approximate surface area is 131 Å². The lowest BCUT2D eigenvalue weighted by molar-refractivity contribution is -0.120. The minimum Gasteiger partial charge on any atom is -0.355 e. The first-order valence-corrected chi connectivity index (χ1v) is 8.54. The lowest BCUT2D eigenvalue weighted by Gasteiger charge is -2.14. The number of rotatable bonds is 5. The molecule has 1 amide bonds. The fourth-order valence-electron chi connectivity index (χ4n) is 1.75. The zero-order valence-electron chi connectivity index (χ0n) is 12.5. The molecule has 0 bridgehead atoms. The average Bonchev–Trinajstić information content (AvgIpc) is 2.89. The zero-order chi connectivity index (χ0) is 15.6. The van der Waals surface area contributed by atoms with Gasteiger partial charge in [-0.2, -0.15) is 0 Å². The van der Waals surface area contributed by atoms with Gasteiger partial charge in [0.05, 0.1) is 10.6 Å². The number of aromatic nitrogens is 2. The van der Waals surface area contributed by atoms with Gasteiger partial charge in [-0.15, -0.1) is 11.3 Å². The molecule has 2 aromatic heterocycles. The van der Waals surface area contributed by atoms with Crippen molar-refractivity contribution in [3.8, 4) is 0 Å². The number of fused-ring (bicyclic) bond motifs is 1. The summed E-state index contributed by atoms with van der Waals surface area (Å²) in [5.74, 6) is 0.380. The third kappa shape index (κ3) is 3.65. The van der Waals surface area contributed by atoms with Gasteiger partial charge in [0.1, 0.15) is 4.83 Å². The van der Waals surface area contributed by atoms with E-state index in [1.807, 2.05) is 26.2 Å². The second-order valence-corrected chi connectivity index (χ2v) is 7.50. The molecule has 0 aliphatic rings. The van der Waals surface area contributed by atoms with Crippen LogP contribution < -0.4 is 10.9 Å². The maximum Gasteiger partial charge on any atom is 0.262 e. The van der Waals surface area contributed by atoms with Crippen molar-refractivity contribution in [2.45, 2.75) is 31.2 Å². The van der Waals surface area contributed by atoms with Crippen LogP contribution in [0.15, 0.2) is 21.4 Å². The number of hydrogen-bond acceptors (Lipinski definition) is 5. The first-order valence-electron chi connectivity index (χ1n) is 6.78. The number of carbonyl (C=O) groups is 1. The van der Waals surface area contributed by atoms with Crippen LogP contribution in [-0.2, 0) is 11.8 Å². The molecule has 5 nitrogen and oxygen atoms in total. The fraction of sp³-hybridized carbons (Fsp3) is 0.500. The first-order chi connectivity index (χ1) is 9.90. The maximum absolute atomic E-state index is 12.2. The highest BCUT2D eigenvalue weighted by atomic mass is 32.2. The van der Waals surface area contributed by atoms with Gasteiger partial charge in [0.15, 0.2) is 5.16 Å². The van der Waals surface area contributed by atoms with E-state index in [2.05, 4.69) is 10.3 Å². The van der Waals surface area contributed by atoms with Crippen LogP contribution in [0.5, 0.6) is 0 Å².